The molecule has 1 unspecified atom stereocenters. The van der Waals surface area contributed by atoms with Crippen molar-refractivity contribution in [2.24, 2.45) is 0 Å². The summed E-state index contributed by atoms with van der Waals surface area (Å²) in [5.74, 6) is 0.556. The molecule has 96 valence electrons. The standard InChI is InChI=1S/C11H12Cl2N4S/c1-7(6-8-4-3-5-18-8)17(2)10-9(12)15-16-11(13)14-10/h3-5,7H,6H2,1-2H3. The average Bonchev–Trinajstić information content (AvgIpc) is 2.84. The van der Waals surface area contributed by atoms with E-state index in [2.05, 4.69) is 33.6 Å². The molecule has 4 nitrogen and oxygen atoms in total. The molecule has 7 heteroatoms. The first-order valence-corrected chi connectivity index (χ1v) is 7.02. The van der Waals surface area contributed by atoms with E-state index in [1.165, 1.54) is 4.88 Å². The van der Waals surface area contributed by atoms with Gasteiger partial charge >= 0.3 is 0 Å². The minimum atomic E-state index is 0.101. The Labute approximate surface area is 120 Å². The largest absolute Gasteiger partial charge is 0.354 e. The van der Waals surface area contributed by atoms with E-state index in [4.69, 9.17) is 23.2 Å². The molecule has 2 rings (SSSR count). The number of thiophene rings is 1. The summed E-state index contributed by atoms with van der Waals surface area (Å²) in [5.41, 5.74) is 0. The molecule has 0 aliphatic rings. The van der Waals surface area contributed by atoms with Crippen molar-refractivity contribution in [3.63, 3.8) is 0 Å². The highest BCUT2D eigenvalue weighted by atomic mass is 35.5. The highest BCUT2D eigenvalue weighted by Gasteiger charge is 2.17. The quantitative estimate of drug-likeness (QED) is 0.869. The second-order valence-electron chi connectivity index (χ2n) is 3.94. The SMILES string of the molecule is CC(Cc1cccs1)N(C)c1nc(Cl)nnc1Cl. The van der Waals surface area contributed by atoms with Gasteiger partial charge in [-0.2, -0.15) is 4.98 Å². The number of aromatic nitrogens is 3. The Hall–Kier alpha value is -0.910. The van der Waals surface area contributed by atoms with E-state index in [1.807, 2.05) is 18.0 Å². The number of halogens is 2. The summed E-state index contributed by atoms with van der Waals surface area (Å²) in [7, 11) is 1.92. The van der Waals surface area contributed by atoms with E-state index >= 15 is 0 Å². The average molecular weight is 303 g/mol. The van der Waals surface area contributed by atoms with Crippen LogP contribution in [0.1, 0.15) is 11.8 Å². The van der Waals surface area contributed by atoms with Crippen molar-refractivity contribution in [3.8, 4) is 0 Å². The van der Waals surface area contributed by atoms with E-state index in [0.29, 0.717) is 5.82 Å². The lowest BCUT2D eigenvalue weighted by Gasteiger charge is -2.25. The maximum absolute atomic E-state index is 5.98. The predicted octanol–water partition coefficient (Wildman–Crippen LogP) is 3.31. The van der Waals surface area contributed by atoms with Crippen LogP contribution in [0.25, 0.3) is 0 Å². The van der Waals surface area contributed by atoms with Crippen molar-refractivity contribution < 1.29 is 0 Å². The van der Waals surface area contributed by atoms with Gasteiger partial charge in [0.1, 0.15) is 0 Å². The fourth-order valence-corrected chi connectivity index (χ4v) is 2.73. The highest BCUT2D eigenvalue weighted by Crippen LogP contribution is 2.23. The zero-order chi connectivity index (χ0) is 13.1. The zero-order valence-electron chi connectivity index (χ0n) is 9.97. The lowest BCUT2D eigenvalue weighted by molar-refractivity contribution is 0.676. The Morgan fingerprint density at radius 2 is 2.17 bits per heavy atom. The number of likely N-dealkylation sites (N-methyl/N-ethyl adjacent to an activating group) is 1. The van der Waals surface area contributed by atoms with Crippen LogP contribution >= 0.6 is 34.5 Å². The molecule has 0 spiro atoms. The molecule has 0 fully saturated rings. The third kappa shape index (κ3) is 3.10. The molecular formula is C11H12Cl2N4S. The van der Waals surface area contributed by atoms with Gasteiger partial charge in [-0.25, -0.2) is 0 Å². The molecule has 0 aromatic carbocycles. The summed E-state index contributed by atoms with van der Waals surface area (Å²) in [6, 6.07) is 4.40. The van der Waals surface area contributed by atoms with E-state index in [1.54, 1.807) is 11.3 Å². The summed E-state index contributed by atoms with van der Waals surface area (Å²) in [4.78, 5) is 7.39. The van der Waals surface area contributed by atoms with Crippen LogP contribution in [0.15, 0.2) is 17.5 Å². The zero-order valence-corrected chi connectivity index (χ0v) is 12.3. The van der Waals surface area contributed by atoms with Crippen LogP contribution in [0.3, 0.4) is 0 Å². The summed E-state index contributed by atoms with van der Waals surface area (Å²) in [6.07, 6.45) is 0.923. The van der Waals surface area contributed by atoms with Gasteiger partial charge in [-0.1, -0.05) is 17.7 Å². The summed E-state index contributed by atoms with van der Waals surface area (Å²) in [6.45, 7) is 2.10. The van der Waals surface area contributed by atoms with Crippen molar-refractivity contribution in [2.45, 2.75) is 19.4 Å². The van der Waals surface area contributed by atoms with E-state index in [9.17, 15) is 0 Å². The third-order valence-corrected chi connectivity index (χ3v) is 3.98. The van der Waals surface area contributed by atoms with Gasteiger partial charge in [-0.05, 0) is 30.0 Å². The minimum absolute atomic E-state index is 0.101. The molecule has 2 aromatic heterocycles. The van der Waals surface area contributed by atoms with Crippen LogP contribution in [0.2, 0.25) is 10.4 Å². The molecule has 18 heavy (non-hydrogen) atoms. The van der Waals surface area contributed by atoms with Gasteiger partial charge < -0.3 is 4.90 Å². The monoisotopic (exact) mass is 302 g/mol. The van der Waals surface area contributed by atoms with Crippen LogP contribution in [0.4, 0.5) is 5.82 Å². The maximum atomic E-state index is 5.98. The minimum Gasteiger partial charge on any atom is -0.354 e. The Morgan fingerprint density at radius 3 is 2.83 bits per heavy atom. The van der Waals surface area contributed by atoms with Gasteiger partial charge in [0.2, 0.25) is 5.28 Å². The van der Waals surface area contributed by atoms with Crippen molar-refractivity contribution in [3.05, 3.63) is 32.8 Å². The Bertz CT molecular complexity index is 518. The van der Waals surface area contributed by atoms with E-state index < -0.39 is 0 Å². The molecule has 1 atom stereocenters. The van der Waals surface area contributed by atoms with Gasteiger partial charge in [0, 0.05) is 24.4 Å². The van der Waals surface area contributed by atoms with Crippen LogP contribution in [-0.4, -0.2) is 28.3 Å². The predicted molar refractivity (Wildman–Crippen MR) is 75.7 cm³/mol. The fraction of sp³-hybridized carbons (Fsp3) is 0.364. The van der Waals surface area contributed by atoms with Gasteiger partial charge in [-0.3, -0.25) is 0 Å². The molecule has 0 saturated carbocycles. The third-order valence-electron chi connectivity index (χ3n) is 2.67. The molecule has 0 bridgehead atoms. The molecule has 0 aliphatic carbocycles. The Morgan fingerprint density at radius 1 is 1.39 bits per heavy atom. The lowest BCUT2D eigenvalue weighted by atomic mass is 10.2. The van der Waals surface area contributed by atoms with Gasteiger partial charge in [0.15, 0.2) is 11.0 Å². The Kier molecular flexibility index (Phi) is 4.37. The van der Waals surface area contributed by atoms with E-state index in [-0.39, 0.29) is 16.5 Å². The van der Waals surface area contributed by atoms with Crippen LogP contribution in [0.5, 0.6) is 0 Å². The molecule has 2 aromatic rings. The fourth-order valence-electron chi connectivity index (χ4n) is 1.58. The van der Waals surface area contributed by atoms with Crippen molar-refractivity contribution in [1.29, 1.82) is 0 Å². The van der Waals surface area contributed by atoms with Crippen LogP contribution < -0.4 is 4.90 Å². The molecular weight excluding hydrogens is 291 g/mol. The first kappa shape index (κ1) is 13.5. The summed E-state index contributed by atoms with van der Waals surface area (Å²) in [5, 5.41) is 9.80. The van der Waals surface area contributed by atoms with Gasteiger partial charge in [0.25, 0.3) is 0 Å². The first-order chi connectivity index (χ1) is 8.58. The summed E-state index contributed by atoms with van der Waals surface area (Å²) >= 11 is 13.5. The van der Waals surface area contributed by atoms with E-state index in [0.717, 1.165) is 6.42 Å². The number of rotatable bonds is 4. The van der Waals surface area contributed by atoms with Crippen LogP contribution in [-0.2, 0) is 6.42 Å². The van der Waals surface area contributed by atoms with Crippen molar-refractivity contribution >= 4 is 40.4 Å². The second-order valence-corrected chi connectivity index (χ2v) is 5.67. The smallest absolute Gasteiger partial charge is 0.245 e. The molecule has 0 N–H and O–H groups in total. The number of hydrogen-bond donors (Lipinski definition) is 0. The molecule has 0 saturated heterocycles. The Balaban J connectivity index is 2.14. The number of anilines is 1. The highest BCUT2D eigenvalue weighted by molar-refractivity contribution is 7.09. The van der Waals surface area contributed by atoms with Gasteiger partial charge in [-0.15, -0.1) is 21.5 Å². The van der Waals surface area contributed by atoms with Crippen molar-refractivity contribution in [1.82, 2.24) is 15.2 Å². The maximum Gasteiger partial charge on any atom is 0.245 e. The molecule has 2 heterocycles. The van der Waals surface area contributed by atoms with Crippen molar-refractivity contribution in [2.75, 3.05) is 11.9 Å². The number of nitrogens with zero attached hydrogens (tertiary/aromatic N) is 4. The molecule has 0 radical (unpaired) electrons. The lowest BCUT2D eigenvalue weighted by Crippen LogP contribution is -2.31. The van der Waals surface area contributed by atoms with Crippen LogP contribution in [0, 0.1) is 0 Å². The summed E-state index contributed by atoms with van der Waals surface area (Å²) < 4.78 is 0. The first-order valence-electron chi connectivity index (χ1n) is 5.39. The molecule has 0 amide bonds. The van der Waals surface area contributed by atoms with Gasteiger partial charge in [0.05, 0.1) is 0 Å². The molecule has 0 aliphatic heterocycles. The normalized spacial score (nSPS) is 12.4. The second kappa shape index (κ2) is 5.82. The topological polar surface area (TPSA) is 41.9 Å². The number of hydrogen-bond acceptors (Lipinski definition) is 5.